The number of nitrogens with one attached hydrogen (secondary N) is 1. The smallest absolute Gasteiger partial charge is 0.243 e. The van der Waals surface area contributed by atoms with Gasteiger partial charge in [0.2, 0.25) is 11.8 Å². The van der Waals surface area contributed by atoms with E-state index in [0.717, 1.165) is 22.4 Å². The Morgan fingerprint density at radius 3 is 2.38 bits per heavy atom. The summed E-state index contributed by atoms with van der Waals surface area (Å²) >= 11 is 12.1. The average Bonchev–Trinajstić information content (AvgIpc) is 2.56. The van der Waals surface area contributed by atoms with Crippen molar-refractivity contribution < 1.29 is 9.59 Å². The summed E-state index contributed by atoms with van der Waals surface area (Å²) in [5, 5.41) is 3.96. The topological polar surface area (TPSA) is 49.4 Å². The molecule has 2 aromatic carbocycles. The van der Waals surface area contributed by atoms with Crippen LogP contribution in [0.1, 0.15) is 23.6 Å². The Morgan fingerprint density at radius 1 is 1.04 bits per heavy atom. The lowest BCUT2D eigenvalue weighted by Gasteiger charge is -2.21. The summed E-state index contributed by atoms with van der Waals surface area (Å²) in [6.45, 7) is 5.85. The molecule has 2 rings (SSSR count). The van der Waals surface area contributed by atoms with Crippen molar-refractivity contribution in [1.29, 1.82) is 0 Å². The first kappa shape index (κ1) is 20.3. The van der Waals surface area contributed by atoms with Crippen LogP contribution in [0, 0.1) is 13.8 Å². The van der Waals surface area contributed by atoms with Gasteiger partial charge in [-0.1, -0.05) is 35.3 Å². The number of amides is 2. The second-order valence-electron chi connectivity index (χ2n) is 6.27. The number of carbonyl (C=O) groups excluding carboxylic acids is 2. The van der Waals surface area contributed by atoms with Gasteiger partial charge in [-0.2, -0.15) is 0 Å². The highest BCUT2D eigenvalue weighted by Crippen LogP contribution is 2.21. The fraction of sp³-hybridized carbons (Fsp3) is 0.300. The van der Waals surface area contributed by atoms with Gasteiger partial charge in [-0.25, -0.2) is 0 Å². The summed E-state index contributed by atoms with van der Waals surface area (Å²) in [5.41, 5.74) is 3.87. The molecule has 0 saturated heterocycles. The number of rotatable bonds is 6. The van der Waals surface area contributed by atoms with Crippen molar-refractivity contribution in [3.8, 4) is 0 Å². The molecule has 0 heterocycles. The fourth-order valence-electron chi connectivity index (χ4n) is 2.52. The summed E-state index contributed by atoms with van der Waals surface area (Å²) in [6.07, 6.45) is 0.548. The Morgan fingerprint density at radius 2 is 1.77 bits per heavy atom. The highest BCUT2D eigenvalue weighted by molar-refractivity contribution is 6.35. The minimum absolute atomic E-state index is 0.00648. The van der Waals surface area contributed by atoms with E-state index < -0.39 is 0 Å². The maximum absolute atomic E-state index is 12.3. The van der Waals surface area contributed by atoms with Gasteiger partial charge in [0.05, 0.1) is 6.54 Å². The lowest BCUT2D eigenvalue weighted by Crippen LogP contribution is -2.38. The van der Waals surface area contributed by atoms with Crippen LogP contribution in [-0.2, 0) is 16.0 Å². The Balaban J connectivity index is 1.97. The first-order valence-electron chi connectivity index (χ1n) is 8.33. The van der Waals surface area contributed by atoms with E-state index in [2.05, 4.69) is 5.32 Å². The van der Waals surface area contributed by atoms with Gasteiger partial charge in [-0.05, 0) is 61.2 Å². The van der Waals surface area contributed by atoms with Crippen molar-refractivity contribution in [2.24, 2.45) is 0 Å². The third-order valence-corrected chi connectivity index (χ3v) is 4.82. The minimum Gasteiger partial charge on any atom is -0.333 e. The van der Waals surface area contributed by atoms with E-state index in [-0.39, 0.29) is 18.4 Å². The molecule has 6 heteroatoms. The summed E-state index contributed by atoms with van der Waals surface area (Å²) in [6, 6.07) is 11.0. The molecule has 0 saturated carbocycles. The molecule has 4 nitrogen and oxygen atoms in total. The van der Waals surface area contributed by atoms with Crippen molar-refractivity contribution >= 4 is 40.7 Å². The molecule has 0 bridgehead atoms. The number of aryl methyl sites for hydroxylation is 2. The number of halogens is 2. The lowest BCUT2D eigenvalue weighted by molar-refractivity contribution is -0.132. The van der Waals surface area contributed by atoms with Gasteiger partial charge in [0, 0.05) is 29.2 Å². The van der Waals surface area contributed by atoms with Gasteiger partial charge < -0.3 is 10.2 Å². The van der Waals surface area contributed by atoms with Crippen LogP contribution in [0.5, 0.6) is 0 Å². The highest BCUT2D eigenvalue weighted by atomic mass is 35.5. The van der Waals surface area contributed by atoms with Crippen molar-refractivity contribution in [1.82, 2.24) is 4.90 Å². The van der Waals surface area contributed by atoms with E-state index in [0.29, 0.717) is 23.0 Å². The van der Waals surface area contributed by atoms with Gasteiger partial charge >= 0.3 is 0 Å². The predicted octanol–water partition coefficient (Wildman–Crippen LogP) is 4.64. The van der Waals surface area contributed by atoms with Gasteiger partial charge in [0.1, 0.15) is 0 Å². The summed E-state index contributed by atoms with van der Waals surface area (Å²) in [5.74, 6) is -0.393. The summed E-state index contributed by atoms with van der Waals surface area (Å²) in [7, 11) is 0. The number of nitrogens with zero attached hydrogens (tertiary/aromatic N) is 1. The van der Waals surface area contributed by atoms with Crippen LogP contribution < -0.4 is 5.32 Å². The molecule has 2 aromatic rings. The molecule has 0 unspecified atom stereocenters. The second-order valence-corrected chi connectivity index (χ2v) is 7.12. The number of anilines is 1. The van der Waals surface area contributed by atoms with Crippen LogP contribution in [0.3, 0.4) is 0 Å². The Hall–Kier alpha value is -2.04. The van der Waals surface area contributed by atoms with Crippen LogP contribution in [0.4, 0.5) is 5.69 Å². The molecule has 138 valence electrons. The van der Waals surface area contributed by atoms with Crippen LogP contribution in [-0.4, -0.2) is 29.8 Å². The molecule has 0 atom stereocenters. The molecule has 0 aromatic heterocycles. The zero-order valence-electron chi connectivity index (χ0n) is 15.1. The van der Waals surface area contributed by atoms with Crippen LogP contribution >= 0.6 is 23.2 Å². The summed E-state index contributed by atoms with van der Waals surface area (Å²) < 4.78 is 0. The fourth-order valence-corrected chi connectivity index (χ4v) is 3.02. The summed E-state index contributed by atoms with van der Waals surface area (Å²) in [4.78, 5) is 25.7. The molecule has 1 N–H and O–H groups in total. The maximum atomic E-state index is 12.3. The first-order chi connectivity index (χ1) is 12.3. The lowest BCUT2D eigenvalue weighted by atomic mass is 10.1. The van der Waals surface area contributed by atoms with E-state index in [1.807, 2.05) is 38.1 Å². The van der Waals surface area contributed by atoms with Gasteiger partial charge in [0.25, 0.3) is 0 Å². The Kier molecular flexibility index (Phi) is 7.06. The molecule has 2 amide bonds. The third-order valence-electron chi connectivity index (χ3n) is 4.24. The van der Waals surface area contributed by atoms with Gasteiger partial charge in [-0.15, -0.1) is 0 Å². The van der Waals surface area contributed by atoms with Gasteiger partial charge in [0.15, 0.2) is 0 Å². The molecular weight excluding hydrogens is 371 g/mol. The quantitative estimate of drug-likeness (QED) is 0.777. The van der Waals surface area contributed by atoms with Crippen LogP contribution in [0.15, 0.2) is 36.4 Å². The number of hydrogen-bond acceptors (Lipinski definition) is 2. The van der Waals surface area contributed by atoms with Crippen molar-refractivity contribution in [3.05, 3.63) is 63.1 Å². The predicted molar refractivity (Wildman–Crippen MR) is 107 cm³/mol. The highest BCUT2D eigenvalue weighted by Gasteiger charge is 2.15. The molecule has 0 radical (unpaired) electrons. The minimum atomic E-state index is -0.231. The van der Waals surface area contributed by atoms with Crippen LogP contribution in [0.2, 0.25) is 10.0 Å². The molecule has 0 aliphatic rings. The third kappa shape index (κ3) is 5.75. The van der Waals surface area contributed by atoms with E-state index in [9.17, 15) is 9.59 Å². The zero-order valence-corrected chi connectivity index (χ0v) is 16.6. The standard InChI is InChI=1S/C20H22Cl2N2O2/c1-13-4-7-18(10-14(13)2)23-20(26)12-24(15(3)25)9-8-16-5-6-17(21)11-19(16)22/h4-7,10-11H,8-9,12H2,1-3H3,(H,23,26). The van der Waals surface area contributed by atoms with Crippen LogP contribution in [0.25, 0.3) is 0 Å². The number of benzene rings is 2. The second kappa shape index (κ2) is 9.06. The van der Waals surface area contributed by atoms with E-state index in [1.54, 1.807) is 12.1 Å². The van der Waals surface area contributed by atoms with E-state index >= 15 is 0 Å². The molecule has 0 fully saturated rings. The van der Waals surface area contributed by atoms with E-state index in [4.69, 9.17) is 23.2 Å². The van der Waals surface area contributed by atoms with Crippen molar-refractivity contribution in [2.45, 2.75) is 27.2 Å². The normalized spacial score (nSPS) is 10.5. The number of carbonyl (C=O) groups is 2. The maximum Gasteiger partial charge on any atom is 0.243 e. The van der Waals surface area contributed by atoms with E-state index in [1.165, 1.54) is 11.8 Å². The Labute approximate surface area is 164 Å². The first-order valence-corrected chi connectivity index (χ1v) is 9.08. The molecule has 26 heavy (non-hydrogen) atoms. The molecule has 0 aliphatic carbocycles. The van der Waals surface area contributed by atoms with Crippen molar-refractivity contribution in [2.75, 3.05) is 18.4 Å². The molecule has 0 spiro atoms. The van der Waals surface area contributed by atoms with Crippen molar-refractivity contribution in [3.63, 3.8) is 0 Å². The van der Waals surface area contributed by atoms with Gasteiger partial charge in [-0.3, -0.25) is 9.59 Å². The monoisotopic (exact) mass is 392 g/mol. The Bertz CT molecular complexity index is 821. The molecular formula is C20H22Cl2N2O2. The average molecular weight is 393 g/mol. The SMILES string of the molecule is CC(=O)N(CCc1ccc(Cl)cc1Cl)CC(=O)Nc1ccc(C)c(C)c1. The largest absolute Gasteiger partial charge is 0.333 e. The molecule has 0 aliphatic heterocycles. The number of hydrogen-bond donors (Lipinski definition) is 1. The zero-order chi connectivity index (χ0) is 19.3.